The zero-order valence-electron chi connectivity index (χ0n) is 15.7. The van der Waals surface area contributed by atoms with Crippen molar-refractivity contribution in [3.63, 3.8) is 0 Å². The third kappa shape index (κ3) is 3.94. The molecule has 0 unspecified atom stereocenters. The van der Waals surface area contributed by atoms with Crippen molar-refractivity contribution in [2.24, 2.45) is 0 Å². The molecule has 1 aliphatic heterocycles. The Labute approximate surface area is 175 Å². The van der Waals surface area contributed by atoms with E-state index in [0.29, 0.717) is 5.65 Å². The molecule has 1 aromatic carbocycles. The normalized spacial score (nSPS) is 14.9. The summed E-state index contributed by atoms with van der Waals surface area (Å²) < 4.78 is 2.48. The molecule has 9 nitrogen and oxygen atoms in total. The molecular formula is C19H19BrN6O3. The van der Waals surface area contributed by atoms with Gasteiger partial charge in [-0.15, -0.1) is 0 Å². The number of nitro benzene ring substituents is 1. The second kappa shape index (κ2) is 7.80. The number of nitrogens with one attached hydrogen (secondary N) is 1. The van der Waals surface area contributed by atoms with Gasteiger partial charge in [-0.25, -0.2) is 4.98 Å². The van der Waals surface area contributed by atoms with Crippen LogP contribution in [0, 0.1) is 10.1 Å². The summed E-state index contributed by atoms with van der Waals surface area (Å²) in [6.45, 7) is 3.47. The van der Waals surface area contributed by atoms with Gasteiger partial charge in [0.05, 0.1) is 9.53 Å². The first-order valence-electron chi connectivity index (χ1n) is 9.09. The highest BCUT2D eigenvalue weighted by Gasteiger charge is 2.22. The summed E-state index contributed by atoms with van der Waals surface area (Å²) in [4.78, 5) is 32.4. The molecular weight excluding hydrogens is 440 g/mol. The fourth-order valence-electron chi connectivity index (χ4n) is 3.32. The maximum Gasteiger partial charge on any atom is 0.292 e. The number of hydrogen-bond acceptors (Lipinski definition) is 6. The van der Waals surface area contributed by atoms with Gasteiger partial charge in [0, 0.05) is 44.1 Å². The van der Waals surface area contributed by atoms with Crippen molar-refractivity contribution in [2.45, 2.75) is 0 Å². The number of amides is 1. The van der Waals surface area contributed by atoms with Gasteiger partial charge in [-0.05, 0) is 47.2 Å². The van der Waals surface area contributed by atoms with Crippen LogP contribution in [0.4, 0.5) is 17.1 Å². The predicted octanol–water partition coefficient (Wildman–Crippen LogP) is 3.01. The van der Waals surface area contributed by atoms with Crippen LogP contribution in [0.3, 0.4) is 0 Å². The predicted molar refractivity (Wildman–Crippen MR) is 114 cm³/mol. The molecule has 0 saturated carbocycles. The van der Waals surface area contributed by atoms with E-state index >= 15 is 0 Å². The summed E-state index contributed by atoms with van der Waals surface area (Å²) in [5.74, 6) is -0.501. The van der Waals surface area contributed by atoms with Crippen molar-refractivity contribution >= 4 is 44.5 Å². The number of fused-ring (bicyclic) bond motifs is 1. The van der Waals surface area contributed by atoms with Gasteiger partial charge in [0.1, 0.15) is 17.0 Å². The summed E-state index contributed by atoms with van der Waals surface area (Å²) in [7, 11) is 2.06. The number of nitrogens with zero attached hydrogens (tertiary/aromatic N) is 5. The minimum atomic E-state index is -0.501. The second-order valence-electron chi connectivity index (χ2n) is 6.91. The highest BCUT2D eigenvalue weighted by atomic mass is 79.9. The lowest BCUT2D eigenvalue weighted by Crippen LogP contribution is -2.44. The first kappa shape index (κ1) is 19.3. The molecule has 1 aliphatic rings. The molecule has 1 saturated heterocycles. The number of likely N-dealkylation sites (N-methyl/N-ethyl adjacent to an activating group) is 1. The highest BCUT2D eigenvalue weighted by Crippen LogP contribution is 2.30. The number of nitro groups is 1. The third-order valence-corrected chi connectivity index (χ3v) is 5.61. The van der Waals surface area contributed by atoms with Crippen LogP contribution in [0.1, 0.15) is 10.5 Å². The molecule has 0 aliphatic carbocycles. The topological polar surface area (TPSA) is 96.0 Å². The number of hydrogen-bond donors (Lipinski definition) is 1. The van der Waals surface area contributed by atoms with E-state index in [9.17, 15) is 14.9 Å². The maximum atomic E-state index is 12.8. The minimum absolute atomic E-state index is 0.152. The number of pyridine rings is 1. The highest BCUT2D eigenvalue weighted by molar-refractivity contribution is 9.10. The Morgan fingerprint density at radius 2 is 1.97 bits per heavy atom. The maximum absolute atomic E-state index is 12.8. The fraction of sp³-hybridized carbons (Fsp3) is 0.263. The number of carbonyl (C=O) groups is 1. The molecule has 0 spiro atoms. The standard InChI is InChI=1S/C19H19BrN6O3/c1-23-7-9-24(10-8-23)13-5-6-16(26(28)29)14(11-13)22-19(27)15-12-25-17(20)3-2-4-18(25)21-15/h2-6,11-12H,7-10H2,1H3,(H,22,27). The zero-order chi connectivity index (χ0) is 20.5. The smallest absolute Gasteiger partial charge is 0.292 e. The molecule has 150 valence electrons. The van der Waals surface area contributed by atoms with E-state index in [1.807, 2.05) is 12.1 Å². The van der Waals surface area contributed by atoms with Crippen LogP contribution in [-0.2, 0) is 0 Å². The summed E-state index contributed by atoms with van der Waals surface area (Å²) in [5, 5.41) is 14.1. The van der Waals surface area contributed by atoms with Crippen LogP contribution in [0.5, 0.6) is 0 Å². The van der Waals surface area contributed by atoms with Crippen LogP contribution < -0.4 is 10.2 Å². The van der Waals surface area contributed by atoms with Crippen LogP contribution in [0.25, 0.3) is 5.65 Å². The second-order valence-corrected chi connectivity index (χ2v) is 7.72. The quantitative estimate of drug-likeness (QED) is 0.366. The van der Waals surface area contributed by atoms with Crippen molar-refractivity contribution in [3.05, 3.63) is 63.0 Å². The molecule has 3 aromatic rings. The number of benzene rings is 1. The van der Waals surface area contributed by atoms with Gasteiger partial charge in [0.15, 0.2) is 0 Å². The SMILES string of the molecule is CN1CCN(c2ccc([N+](=O)[O-])c(NC(=O)c3cn4c(Br)cccc4n3)c2)CC1. The Bertz CT molecular complexity index is 1090. The molecule has 2 aromatic heterocycles. The first-order valence-corrected chi connectivity index (χ1v) is 9.88. The van der Waals surface area contributed by atoms with Crippen LogP contribution >= 0.6 is 15.9 Å². The van der Waals surface area contributed by atoms with Gasteiger partial charge >= 0.3 is 0 Å². The van der Waals surface area contributed by atoms with Gasteiger partial charge < -0.3 is 15.1 Å². The molecule has 1 amide bonds. The van der Waals surface area contributed by atoms with E-state index in [-0.39, 0.29) is 17.1 Å². The number of carbonyl (C=O) groups excluding carboxylic acids is 1. The third-order valence-electron chi connectivity index (χ3n) is 4.97. The van der Waals surface area contributed by atoms with E-state index in [1.165, 1.54) is 6.07 Å². The van der Waals surface area contributed by atoms with E-state index in [2.05, 4.69) is 43.1 Å². The molecule has 3 heterocycles. The zero-order valence-corrected chi connectivity index (χ0v) is 17.3. The van der Waals surface area contributed by atoms with Crippen molar-refractivity contribution in [2.75, 3.05) is 43.4 Å². The van der Waals surface area contributed by atoms with Gasteiger partial charge in [-0.1, -0.05) is 6.07 Å². The molecule has 29 heavy (non-hydrogen) atoms. The summed E-state index contributed by atoms with van der Waals surface area (Å²) in [6, 6.07) is 10.2. The Morgan fingerprint density at radius 3 is 2.66 bits per heavy atom. The average Bonchev–Trinajstić information content (AvgIpc) is 3.14. The molecule has 0 radical (unpaired) electrons. The number of rotatable bonds is 4. The first-order chi connectivity index (χ1) is 13.9. The lowest BCUT2D eigenvalue weighted by atomic mass is 10.2. The van der Waals surface area contributed by atoms with Crippen molar-refractivity contribution in [3.8, 4) is 0 Å². The van der Waals surface area contributed by atoms with Gasteiger partial charge in [0.2, 0.25) is 0 Å². The Balaban J connectivity index is 1.63. The summed E-state index contributed by atoms with van der Waals surface area (Å²) in [5.41, 5.74) is 1.63. The van der Waals surface area contributed by atoms with Gasteiger partial charge in [0.25, 0.3) is 11.6 Å². The Morgan fingerprint density at radius 1 is 1.21 bits per heavy atom. The van der Waals surface area contributed by atoms with Crippen molar-refractivity contribution < 1.29 is 9.72 Å². The molecule has 1 fully saturated rings. The van der Waals surface area contributed by atoms with Crippen LogP contribution in [-0.4, -0.2) is 58.3 Å². The molecule has 0 atom stereocenters. The van der Waals surface area contributed by atoms with Gasteiger partial charge in [-0.2, -0.15) is 0 Å². The number of imidazole rings is 1. The Kier molecular flexibility index (Phi) is 5.20. The molecule has 4 rings (SSSR count). The monoisotopic (exact) mass is 458 g/mol. The number of aromatic nitrogens is 2. The molecule has 0 bridgehead atoms. The largest absolute Gasteiger partial charge is 0.369 e. The summed E-state index contributed by atoms with van der Waals surface area (Å²) in [6.07, 6.45) is 1.59. The lowest BCUT2D eigenvalue weighted by Gasteiger charge is -2.34. The summed E-state index contributed by atoms with van der Waals surface area (Å²) >= 11 is 3.41. The van der Waals surface area contributed by atoms with E-state index < -0.39 is 10.8 Å². The minimum Gasteiger partial charge on any atom is -0.369 e. The van der Waals surface area contributed by atoms with E-state index in [1.54, 1.807) is 28.8 Å². The average molecular weight is 459 g/mol. The molecule has 10 heteroatoms. The Hall–Kier alpha value is -2.98. The fourth-order valence-corrected chi connectivity index (χ4v) is 3.75. The number of anilines is 2. The lowest BCUT2D eigenvalue weighted by molar-refractivity contribution is -0.383. The van der Waals surface area contributed by atoms with Crippen LogP contribution in [0.2, 0.25) is 0 Å². The van der Waals surface area contributed by atoms with Gasteiger partial charge in [-0.3, -0.25) is 19.3 Å². The van der Waals surface area contributed by atoms with E-state index in [0.717, 1.165) is 36.5 Å². The van der Waals surface area contributed by atoms with Crippen molar-refractivity contribution in [1.82, 2.24) is 14.3 Å². The number of piperazine rings is 1. The molecule has 1 N–H and O–H groups in total. The van der Waals surface area contributed by atoms with E-state index in [4.69, 9.17) is 0 Å². The van der Waals surface area contributed by atoms with Crippen molar-refractivity contribution in [1.29, 1.82) is 0 Å². The van der Waals surface area contributed by atoms with Crippen LogP contribution in [0.15, 0.2) is 47.2 Å². The number of halogens is 1.